The highest BCUT2D eigenvalue weighted by Gasteiger charge is 2.30. The summed E-state index contributed by atoms with van der Waals surface area (Å²) in [4.78, 5) is 44.8. The lowest BCUT2D eigenvalue weighted by Crippen LogP contribution is -2.09. The van der Waals surface area contributed by atoms with E-state index in [9.17, 15) is 24.5 Å². The molecule has 23 heavy (non-hydrogen) atoms. The van der Waals surface area contributed by atoms with Gasteiger partial charge in [0.05, 0.1) is 21.6 Å². The Hall–Kier alpha value is -3.55. The van der Waals surface area contributed by atoms with Gasteiger partial charge in [0.15, 0.2) is 0 Å². The molecule has 0 bridgehead atoms. The fraction of sp³-hybridized carbons (Fsp3) is 0. The molecule has 0 radical (unpaired) electrons. The van der Waals surface area contributed by atoms with Crippen LogP contribution in [0.3, 0.4) is 0 Å². The molecular formula is C15H7NO7. The Morgan fingerprint density at radius 3 is 2.30 bits per heavy atom. The number of hydrogen-bond acceptors (Lipinski definition) is 7. The van der Waals surface area contributed by atoms with Gasteiger partial charge in [0.2, 0.25) is 0 Å². The molecule has 2 aromatic carbocycles. The number of rotatable bonds is 3. The van der Waals surface area contributed by atoms with Gasteiger partial charge < -0.3 is 9.47 Å². The van der Waals surface area contributed by atoms with Crippen molar-refractivity contribution >= 4 is 23.6 Å². The largest absolute Gasteiger partial charge is 0.423 e. The van der Waals surface area contributed by atoms with Crippen LogP contribution in [0.1, 0.15) is 31.1 Å². The van der Waals surface area contributed by atoms with E-state index < -0.39 is 22.8 Å². The predicted octanol–water partition coefficient (Wildman–Crippen LogP) is 2.12. The summed E-state index contributed by atoms with van der Waals surface area (Å²) in [5.74, 6) is -2.25. The van der Waals surface area contributed by atoms with Crippen molar-refractivity contribution in [1.82, 2.24) is 0 Å². The highest BCUT2D eigenvalue weighted by molar-refractivity contribution is 6.15. The number of carbonyl (C=O) groups excluding carboxylic acids is 3. The third kappa shape index (κ3) is 2.64. The van der Waals surface area contributed by atoms with Crippen molar-refractivity contribution in [3.05, 3.63) is 69.3 Å². The minimum atomic E-state index is -0.824. The highest BCUT2D eigenvalue weighted by atomic mass is 16.6. The van der Waals surface area contributed by atoms with Gasteiger partial charge in [0, 0.05) is 12.1 Å². The van der Waals surface area contributed by atoms with E-state index in [1.165, 1.54) is 42.5 Å². The molecule has 0 spiro atoms. The molecule has 1 aliphatic heterocycles. The topological polar surface area (TPSA) is 113 Å². The number of nitro groups is 1. The van der Waals surface area contributed by atoms with E-state index in [0.29, 0.717) is 0 Å². The molecule has 0 saturated heterocycles. The lowest BCUT2D eigenvalue weighted by Gasteiger charge is -2.04. The normalized spacial score (nSPS) is 12.5. The second-order valence-corrected chi connectivity index (χ2v) is 4.58. The van der Waals surface area contributed by atoms with E-state index in [4.69, 9.17) is 4.74 Å². The fourth-order valence-electron chi connectivity index (χ4n) is 2.01. The van der Waals surface area contributed by atoms with Crippen LogP contribution in [-0.4, -0.2) is 22.8 Å². The first-order valence-corrected chi connectivity index (χ1v) is 6.33. The number of carbonyl (C=O) groups is 3. The number of ether oxygens (including phenoxy) is 2. The Kier molecular flexibility index (Phi) is 3.34. The van der Waals surface area contributed by atoms with Crippen molar-refractivity contribution in [1.29, 1.82) is 0 Å². The molecule has 0 aliphatic carbocycles. The minimum absolute atomic E-state index is 0.00634. The average molecular weight is 313 g/mol. The Bertz CT molecular complexity index is 855. The Morgan fingerprint density at radius 2 is 1.65 bits per heavy atom. The smallest absolute Gasteiger partial charge is 0.346 e. The van der Waals surface area contributed by atoms with Crippen molar-refractivity contribution in [3.8, 4) is 5.75 Å². The number of cyclic esters (lactones) is 2. The standard InChI is InChI=1S/C15H7NO7/c17-13(22-10-4-2-9(3-5-10)16(20)21)8-1-6-11-12(7-8)15(19)23-14(11)18/h1-7H. The van der Waals surface area contributed by atoms with Crippen LogP contribution >= 0.6 is 0 Å². The molecule has 8 nitrogen and oxygen atoms in total. The number of nitro benzene ring substituents is 1. The van der Waals surface area contributed by atoms with Gasteiger partial charge in [-0.3, -0.25) is 10.1 Å². The van der Waals surface area contributed by atoms with Gasteiger partial charge in [-0.15, -0.1) is 0 Å². The van der Waals surface area contributed by atoms with Gasteiger partial charge in [-0.1, -0.05) is 0 Å². The lowest BCUT2D eigenvalue weighted by atomic mass is 10.1. The highest BCUT2D eigenvalue weighted by Crippen LogP contribution is 2.23. The van der Waals surface area contributed by atoms with Gasteiger partial charge in [0.25, 0.3) is 5.69 Å². The van der Waals surface area contributed by atoms with Crippen LogP contribution in [0.2, 0.25) is 0 Å². The average Bonchev–Trinajstić information content (AvgIpc) is 2.82. The summed E-state index contributed by atoms with van der Waals surface area (Å²) in [5, 5.41) is 10.5. The molecule has 1 heterocycles. The maximum absolute atomic E-state index is 12.0. The van der Waals surface area contributed by atoms with Gasteiger partial charge >= 0.3 is 17.9 Å². The molecule has 8 heteroatoms. The minimum Gasteiger partial charge on any atom is -0.423 e. The molecule has 1 aliphatic rings. The first kappa shape index (κ1) is 14.4. The number of nitrogens with zero attached hydrogens (tertiary/aromatic N) is 1. The third-order valence-corrected chi connectivity index (χ3v) is 3.14. The summed E-state index contributed by atoms with van der Waals surface area (Å²) >= 11 is 0. The monoisotopic (exact) mass is 313 g/mol. The number of non-ortho nitro benzene ring substituents is 1. The number of benzene rings is 2. The van der Waals surface area contributed by atoms with Crippen molar-refractivity contribution in [3.63, 3.8) is 0 Å². The Balaban J connectivity index is 1.81. The molecule has 3 rings (SSSR count). The predicted molar refractivity (Wildman–Crippen MR) is 74.2 cm³/mol. The van der Waals surface area contributed by atoms with Crippen LogP contribution in [0.15, 0.2) is 42.5 Å². The maximum Gasteiger partial charge on any atom is 0.346 e. The van der Waals surface area contributed by atoms with Crippen LogP contribution in [-0.2, 0) is 4.74 Å². The number of fused-ring (bicyclic) bond motifs is 1. The number of hydrogen-bond donors (Lipinski definition) is 0. The summed E-state index contributed by atoms with van der Waals surface area (Å²) in [6.07, 6.45) is 0. The lowest BCUT2D eigenvalue weighted by molar-refractivity contribution is -0.384. The molecule has 0 unspecified atom stereocenters. The van der Waals surface area contributed by atoms with Crippen LogP contribution in [0, 0.1) is 10.1 Å². The van der Waals surface area contributed by atoms with Crippen molar-refractivity contribution in [2.45, 2.75) is 0 Å². The van der Waals surface area contributed by atoms with E-state index in [-0.39, 0.29) is 28.1 Å². The van der Waals surface area contributed by atoms with Crippen LogP contribution in [0.4, 0.5) is 5.69 Å². The SMILES string of the molecule is O=C(Oc1ccc([N+](=O)[O-])cc1)c1ccc2c(c1)C(=O)OC2=O. The van der Waals surface area contributed by atoms with Crippen molar-refractivity contribution in [2.75, 3.05) is 0 Å². The van der Waals surface area contributed by atoms with E-state index >= 15 is 0 Å². The molecule has 0 N–H and O–H groups in total. The summed E-state index contributed by atoms with van der Waals surface area (Å²) in [5.41, 5.74) is -0.00706. The fourth-order valence-corrected chi connectivity index (χ4v) is 2.01. The van der Waals surface area contributed by atoms with Crippen molar-refractivity contribution < 1.29 is 28.8 Å². The second-order valence-electron chi connectivity index (χ2n) is 4.58. The van der Waals surface area contributed by atoms with Gasteiger partial charge in [-0.05, 0) is 30.3 Å². The summed E-state index contributed by atoms with van der Waals surface area (Å²) < 4.78 is 9.48. The maximum atomic E-state index is 12.0. The first-order valence-electron chi connectivity index (χ1n) is 6.33. The third-order valence-electron chi connectivity index (χ3n) is 3.14. The first-order chi connectivity index (χ1) is 11.0. The van der Waals surface area contributed by atoms with Gasteiger partial charge in [-0.2, -0.15) is 0 Å². The zero-order chi connectivity index (χ0) is 16.6. The van der Waals surface area contributed by atoms with E-state index in [0.717, 1.165) is 0 Å². The van der Waals surface area contributed by atoms with Crippen LogP contribution in [0.25, 0.3) is 0 Å². The van der Waals surface area contributed by atoms with E-state index in [1.54, 1.807) is 0 Å². The summed E-state index contributed by atoms with van der Waals surface area (Å²) in [6, 6.07) is 8.78. The molecule has 0 aromatic heterocycles. The zero-order valence-electron chi connectivity index (χ0n) is 11.3. The van der Waals surface area contributed by atoms with Crippen molar-refractivity contribution in [2.24, 2.45) is 0 Å². The molecular weight excluding hydrogens is 306 g/mol. The van der Waals surface area contributed by atoms with E-state index in [1.807, 2.05) is 0 Å². The summed E-state index contributed by atoms with van der Waals surface area (Å²) in [7, 11) is 0. The molecule has 0 amide bonds. The summed E-state index contributed by atoms with van der Waals surface area (Å²) in [6.45, 7) is 0. The quantitative estimate of drug-likeness (QED) is 0.280. The van der Waals surface area contributed by atoms with Crippen LogP contribution < -0.4 is 4.74 Å². The molecule has 0 saturated carbocycles. The van der Waals surface area contributed by atoms with Crippen LogP contribution in [0.5, 0.6) is 5.75 Å². The molecule has 2 aromatic rings. The molecule has 114 valence electrons. The number of esters is 3. The van der Waals surface area contributed by atoms with Gasteiger partial charge in [0.1, 0.15) is 5.75 Å². The van der Waals surface area contributed by atoms with Gasteiger partial charge in [-0.25, -0.2) is 14.4 Å². The molecule has 0 fully saturated rings. The Labute approximate surface area is 128 Å². The Morgan fingerprint density at radius 1 is 1.00 bits per heavy atom. The zero-order valence-corrected chi connectivity index (χ0v) is 11.3. The second kappa shape index (κ2) is 5.34. The molecule has 0 atom stereocenters. The van der Waals surface area contributed by atoms with E-state index in [2.05, 4.69) is 4.74 Å².